The summed E-state index contributed by atoms with van der Waals surface area (Å²) in [6.45, 7) is -0.584. The Morgan fingerprint density at radius 3 is 1.93 bits per heavy atom. The van der Waals surface area contributed by atoms with Gasteiger partial charge in [-0.25, -0.2) is 31.1 Å². The van der Waals surface area contributed by atoms with Gasteiger partial charge >= 0.3 is 12.1 Å². The van der Waals surface area contributed by atoms with Gasteiger partial charge in [-0.05, 0) is 29.8 Å². The number of nitro benzene ring substituents is 1. The Kier molecular flexibility index (Phi) is 11.3. The zero-order valence-electron chi connectivity index (χ0n) is 23.8. The summed E-state index contributed by atoms with van der Waals surface area (Å²) in [5, 5.41) is 23.5. The third-order valence-electron chi connectivity index (χ3n) is 6.77. The van der Waals surface area contributed by atoms with Crippen molar-refractivity contribution in [2.75, 3.05) is 13.7 Å². The number of aliphatic carboxylic acids is 1. The fourth-order valence-corrected chi connectivity index (χ4v) is 6.23. The van der Waals surface area contributed by atoms with Crippen molar-refractivity contribution in [3.05, 3.63) is 106 Å². The lowest BCUT2D eigenvalue weighted by molar-refractivity contribution is -0.384. The smallest absolute Gasteiger partial charge is 0.407 e. The second kappa shape index (κ2) is 14.7. The summed E-state index contributed by atoms with van der Waals surface area (Å²) in [6.07, 6.45) is -3.90. The number of carbonyl (C=O) groups excluding carboxylic acids is 2. The molecule has 0 aliphatic carbocycles. The zero-order valence-corrected chi connectivity index (χ0v) is 24.6. The summed E-state index contributed by atoms with van der Waals surface area (Å²) < 4.78 is 62.4. The largest absolute Gasteiger partial charge is 0.480 e. The minimum Gasteiger partial charge on any atom is -0.480 e. The van der Waals surface area contributed by atoms with E-state index < -0.39 is 86.8 Å². The molecule has 0 fully saturated rings. The van der Waals surface area contributed by atoms with Crippen LogP contribution in [0.4, 0.5) is 19.3 Å². The van der Waals surface area contributed by atoms with Gasteiger partial charge in [0.15, 0.2) is 6.04 Å². The molecule has 0 saturated heterocycles. The molecule has 4 N–H and O–H groups in total. The molecular formula is C29H30F2N4O9S. The van der Waals surface area contributed by atoms with Gasteiger partial charge in [-0.1, -0.05) is 60.7 Å². The van der Waals surface area contributed by atoms with Gasteiger partial charge in [-0.15, -0.1) is 0 Å². The van der Waals surface area contributed by atoms with E-state index in [-0.39, 0.29) is 4.31 Å². The Balaban J connectivity index is 2.33. The first-order valence-corrected chi connectivity index (χ1v) is 14.8. The van der Waals surface area contributed by atoms with Crippen LogP contribution in [-0.2, 0) is 24.3 Å². The van der Waals surface area contributed by atoms with Crippen LogP contribution in [0.3, 0.4) is 0 Å². The summed E-state index contributed by atoms with van der Waals surface area (Å²) in [5.41, 5.74) is 5.46. The van der Waals surface area contributed by atoms with Crippen molar-refractivity contribution in [1.29, 1.82) is 0 Å². The molecule has 0 bridgehead atoms. The molecule has 240 valence electrons. The molecule has 0 saturated carbocycles. The second-order valence-electron chi connectivity index (χ2n) is 9.76. The minimum absolute atomic E-state index is 0.222. The number of non-ortho nitro benzene ring substituents is 1. The van der Waals surface area contributed by atoms with E-state index in [1.54, 1.807) is 60.7 Å². The van der Waals surface area contributed by atoms with Crippen molar-refractivity contribution in [3.63, 3.8) is 0 Å². The summed E-state index contributed by atoms with van der Waals surface area (Å²) >= 11 is 0. The van der Waals surface area contributed by atoms with E-state index in [9.17, 15) is 46.8 Å². The van der Waals surface area contributed by atoms with Crippen molar-refractivity contribution in [2.45, 2.75) is 41.7 Å². The third-order valence-corrected chi connectivity index (χ3v) is 8.59. The van der Waals surface area contributed by atoms with Crippen LogP contribution in [0.25, 0.3) is 0 Å². The number of carboxylic acid groups (broad SMARTS) is 1. The quantitative estimate of drug-likeness (QED) is 0.172. The third kappa shape index (κ3) is 8.36. The van der Waals surface area contributed by atoms with Crippen LogP contribution in [0.1, 0.15) is 29.9 Å². The molecule has 0 radical (unpaired) electrons. The monoisotopic (exact) mass is 648 g/mol. The van der Waals surface area contributed by atoms with Crippen LogP contribution in [-0.4, -0.2) is 72.4 Å². The van der Waals surface area contributed by atoms with E-state index in [2.05, 4.69) is 10.1 Å². The van der Waals surface area contributed by atoms with Crippen molar-refractivity contribution in [3.8, 4) is 0 Å². The first-order chi connectivity index (χ1) is 21.2. The highest BCUT2D eigenvalue weighted by Gasteiger charge is 2.49. The van der Waals surface area contributed by atoms with Crippen LogP contribution in [0.15, 0.2) is 89.8 Å². The van der Waals surface area contributed by atoms with Crippen LogP contribution in [0.5, 0.6) is 0 Å². The highest BCUT2D eigenvalue weighted by atomic mass is 32.2. The topological polar surface area (TPSA) is 199 Å². The van der Waals surface area contributed by atoms with Crippen molar-refractivity contribution < 1.29 is 46.3 Å². The Labute approximate surface area is 256 Å². The van der Waals surface area contributed by atoms with Crippen LogP contribution in [0, 0.1) is 10.1 Å². The number of amides is 2. The minimum atomic E-state index is -5.34. The van der Waals surface area contributed by atoms with Crippen molar-refractivity contribution in [2.24, 2.45) is 5.73 Å². The van der Waals surface area contributed by atoms with Gasteiger partial charge < -0.3 is 20.9 Å². The lowest BCUT2D eigenvalue weighted by Crippen LogP contribution is -2.58. The predicted molar refractivity (Wildman–Crippen MR) is 156 cm³/mol. The lowest BCUT2D eigenvalue weighted by atomic mass is 9.84. The molecule has 0 heterocycles. The number of nitrogens with two attached hydrogens (primary N) is 1. The van der Waals surface area contributed by atoms with E-state index in [4.69, 9.17) is 5.73 Å². The number of hydrogen-bond acceptors (Lipinski definition) is 9. The average Bonchev–Trinajstić information content (AvgIpc) is 3.01. The molecule has 2 atom stereocenters. The fraction of sp³-hybridized carbons (Fsp3) is 0.276. The van der Waals surface area contributed by atoms with Gasteiger partial charge in [-0.2, -0.15) is 0 Å². The molecule has 0 aliphatic heterocycles. The highest BCUT2D eigenvalue weighted by molar-refractivity contribution is 7.89. The first kappa shape index (κ1) is 34.5. The number of alkyl carbamates (subject to hydrolysis) is 1. The first-order valence-electron chi connectivity index (χ1n) is 13.3. The summed E-state index contributed by atoms with van der Waals surface area (Å²) in [7, 11) is -4.37. The number of nitrogens with zero attached hydrogens (tertiary/aromatic N) is 2. The maximum absolute atomic E-state index is 14.9. The van der Waals surface area contributed by atoms with Gasteiger partial charge in [0.2, 0.25) is 0 Å². The molecule has 0 aromatic heterocycles. The normalized spacial score (nSPS) is 13.0. The molecule has 3 aromatic rings. The maximum Gasteiger partial charge on any atom is 0.407 e. The fourth-order valence-electron chi connectivity index (χ4n) is 4.67. The van der Waals surface area contributed by atoms with E-state index in [0.717, 1.165) is 31.4 Å². The van der Waals surface area contributed by atoms with Gasteiger partial charge in [0.25, 0.3) is 27.5 Å². The molecule has 45 heavy (non-hydrogen) atoms. The number of methoxy groups -OCH3 is 1. The average molecular weight is 649 g/mol. The van der Waals surface area contributed by atoms with Gasteiger partial charge in [0, 0.05) is 30.9 Å². The maximum atomic E-state index is 14.9. The lowest BCUT2D eigenvalue weighted by Gasteiger charge is -2.35. The number of benzene rings is 3. The molecule has 0 spiro atoms. The molecule has 3 aromatic carbocycles. The van der Waals surface area contributed by atoms with Crippen molar-refractivity contribution in [1.82, 2.24) is 9.62 Å². The predicted octanol–water partition coefficient (Wildman–Crippen LogP) is 3.50. The number of nitro groups is 1. The molecular weight excluding hydrogens is 618 g/mol. The number of hydrogen-bond donors (Lipinski definition) is 3. The van der Waals surface area contributed by atoms with Crippen LogP contribution in [0.2, 0.25) is 0 Å². The van der Waals surface area contributed by atoms with Gasteiger partial charge in [0.05, 0.1) is 16.9 Å². The van der Waals surface area contributed by atoms with E-state index >= 15 is 0 Å². The number of alkyl halides is 2. The Hall–Kier alpha value is -4.96. The highest BCUT2D eigenvalue weighted by Crippen LogP contribution is 2.34. The number of nitrogens with one attached hydrogen (secondary N) is 1. The zero-order chi connectivity index (χ0) is 33.4. The van der Waals surface area contributed by atoms with E-state index in [1.807, 2.05) is 0 Å². The number of rotatable bonds is 14. The molecule has 16 heteroatoms. The molecule has 0 unspecified atom stereocenters. The second-order valence-corrected chi connectivity index (χ2v) is 11.6. The summed E-state index contributed by atoms with van der Waals surface area (Å²) in [4.78, 5) is 49.1. The Morgan fingerprint density at radius 2 is 1.51 bits per heavy atom. The number of ether oxygens (including phenoxy) is 1. The summed E-state index contributed by atoms with van der Waals surface area (Å²) in [5.74, 6) is -8.72. The summed E-state index contributed by atoms with van der Waals surface area (Å²) in [6, 6.07) is 14.4. The Bertz CT molecular complexity index is 1570. The van der Waals surface area contributed by atoms with E-state index in [1.165, 1.54) is 0 Å². The molecule has 3 rings (SSSR count). The molecule has 13 nitrogen and oxygen atoms in total. The standard InChI is InChI=1S/C29H30F2N4O9S/c1-44-28(39)33-25(24(19-8-4-2-5-9-19)20-10-6-3-7-11-20)26(36)34(23(27(37)38)18-29(30,31)16-17-32)45(42,43)22-14-12-21(13-15-22)35(40)41/h2-15,23-25H,16-18,32H2,1H3,(H,33,39)(H,37,38)/t23-,25-/m0/s1. The number of halogens is 2. The Morgan fingerprint density at radius 1 is 1.00 bits per heavy atom. The number of carboxylic acids is 1. The number of sulfonamides is 1. The molecule has 0 aliphatic rings. The van der Waals surface area contributed by atoms with Crippen molar-refractivity contribution >= 4 is 33.7 Å². The molecule has 2 amide bonds. The van der Waals surface area contributed by atoms with Gasteiger partial charge in [-0.3, -0.25) is 14.9 Å². The SMILES string of the molecule is COC(=O)N[C@H](C(=O)N([C@@H](CC(F)(F)CCN)C(=O)O)S(=O)(=O)c1ccc([N+](=O)[O-])cc1)C(c1ccccc1)c1ccccc1. The van der Waals surface area contributed by atoms with Crippen LogP contribution >= 0.6 is 0 Å². The van der Waals surface area contributed by atoms with Crippen LogP contribution < -0.4 is 11.1 Å². The number of carbonyl (C=O) groups is 3. The van der Waals surface area contributed by atoms with Gasteiger partial charge in [0.1, 0.15) is 6.04 Å². The van der Waals surface area contributed by atoms with E-state index in [0.29, 0.717) is 11.1 Å².